The van der Waals surface area contributed by atoms with Crippen molar-refractivity contribution in [2.24, 2.45) is 0 Å². The van der Waals surface area contributed by atoms with Gasteiger partial charge in [-0.3, -0.25) is 9.59 Å². The molecule has 0 atom stereocenters. The van der Waals surface area contributed by atoms with E-state index in [2.05, 4.69) is 26.0 Å². The minimum absolute atomic E-state index is 0.191. The van der Waals surface area contributed by atoms with Crippen LogP contribution in [0.15, 0.2) is 69.2 Å². The van der Waals surface area contributed by atoms with Crippen LogP contribution in [0.25, 0.3) is 21.2 Å². The molecule has 0 bridgehead atoms. The number of aromatic nitrogens is 3. The summed E-state index contributed by atoms with van der Waals surface area (Å²) in [5, 5.41) is 6.35. The number of anilines is 1. The Hall–Kier alpha value is -3.14. The maximum Gasteiger partial charge on any atom is 0.291 e. The largest absolute Gasteiger partial charge is 0.303 e. The summed E-state index contributed by atoms with van der Waals surface area (Å²) in [7, 11) is 0. The van der Waals surface area contributed by atoms with E-state index in [1.807, 2.05) is 66.9 Å². The molecule has 2 aromatic carbocycles. The van der Waals surface area contributed by atoms with Gasteiger partial charge in [0.2, 0.25) is 4.96 Å². The Morgan fingerprint density at radius 3 is 2.61 bits per heavy atom. The second kappa shape index (κ2) is 7.72. The molecule has 0 saturated carbocycles. The fourth-order valence-corrected chi connectivity index (χ4v) is 5.96. The first-order valence-corrected chi connectivity index (χ1v) is 12.6. The van der Waals surface area contributed by atoms with Gasteiger partial charge in [0.25, 0.3) is 11.5 Å². The van der Waals surface area contributed by atoms with Crippen molar-refractivity contribution in [1.82, 2.24) is 14.6 Å². The second-order valence-corrected chi connectivity index (χ2v) is 10.6. The molecule has 0 unspecified atom stereocenters. The summed E-state index contributed by atoms with van der Waals surface area (Å²) in [6.45, 7) is 2.46. The number of rotatable bonds is 3. The summed E-state index contributed by atoms with van der Waals surface area (Å²) in [6, 6.07) is 17.7. The number of amides is 1. The van der Waals surface area contributed by atoms with E-state index >= 15 is 0 Å². The zero-order chi connectivity index (χ0) is 22.7. The lowest BCUT2D eigenvalue weighted by molar-refractivity contribution is -0.113. The molecule has 33 heavy (non-hydrogen) atoms. The Bertz CT molecular complexity index is 1650. The second-order valence-electron chi connectivity index (χ2n) is 7.76. The van der Waals surface area contributed by atoms with Crippen molar-refractivity contribution in [1.29, 1.82) is 0 Å². The van der Waals surface area contributed by atoms with Crippen molar-refractivity contribution in [3.63, 3.8) is 0 Å². The molecule has 4 heterocycles. The molecule has 0 aliphatic carbocycles. The monoisotopic (exact) mass is 534 g/mol. The van der Waals surface area contributed by atoms with E-state index in [1.54, 1.807) is 4.90 Å². The lowest BCUT2D eigenvalue weighted by Crippen LogP contribution is -2.32. The van der Waals surface area contributed by atoms with Crippen LogP contribution in [0, 0.1) is 6.92 Å². The molecule has 0 radical (unpaired) electrons. The van der Waals surface area contributed by atoms with Gasteiger partial charge in [0.15, 0.2) is 5.82 Å². The average molecular weight is 535 g/mol. The molecule has 1 amide bonds. The third-order valence-electron chi connectivity index (χ3n) is 5.57. The Morgan fingerprint density at radius 1 is 1.06 bits per heavy atom. The maximum atomic E-state index is 13.6. The lowest BCUT2D eigenvalue weighted by Gasteiger charge is -2.17. The van der Waals surface area contributed by atoms with Crippen molar-refractivity contribution in [2.75, 3.05) is 4.90 Å². The topological polar surface area (TPSA) is 67.6 Å². The molecule has 0 fully saturated rings. The maximum absolute atomic E-state index is 13.6. The number of carbonyl (C=O) groups excluding carboxylic acids is 1. The molecule has 0 N–H and O–H groups in total. The van der Waals surface area contributed by atoms with Gasteiger partial charge >= 0.3 is 0 Å². The fourth-order valence-electron chi connectivity index (χ4n) is 3.95. The molecule has 6 nitrogen and oxygen atoms in total. The van der Waals surface area contributed by atoms with Crippen LogP contribution < -0.4 is 15.0 Å². The molecule has 162 valence electrons. The van der Waals surface area contributed by atoms with Crippen molar-refractivity contribution in [3.8, 4) is 10.7 Å². The number of nitrogens with zero attached hydrogens (tertiary/aromatic N) is 4. The zero-order valence-corrected chi connectivity index (χ0v) is 20.5. The number of aryl methyl sites for hydroxylation is 1. The van der Waals surface area contributed by atoms with E-state index in [0.717, 1.165) is 31.7 Å². The number of halogens is 1. The van der Waals surface area contributed by atoms with Crippen molar-refractivity contribution < 1.29 is 4.79 Å². The third kappa shape index (κ3) is 3.35. The van der Waals surface area contributed by atoms with Gasteiger partial charge in [0.05, 0.1) is 22.7 Å². The normalized spacial score (nSPS) is 15.0. The first kappa shape index (κ1) is 20.5. The standard InChI is InChI=1S/C24H15BrN4O2S2/c1-13-4-6-14(7-5-13)12-28-17-9-8-15(25)11-16(17)19(22(28)30)20-23(31)29-24(33-20)26-21(27-29)18-3-2-10-32-18/h2-11H,12H2,1H3. The SMILES string of the molecule is Cc1ccc(CN2C(=O)C(=c3sc4nc(-c5cccs5)nn4c3=O)c3cc(Br)ccc32)cc1. The Morgan fingerprint density at radius 2 is 1.88 bits per heavy atom. The summed E-state index contributed by atoms with van der Waals surface area (Å²) in [5.74, 6) is 0.329. The van der Waals surface area contributed by atoms with Crippen LogP contribution in [0.3, 0.4) is 0 Å². The van der Waals surface area contributed by atoms with E-state index in [1.165, 1.54) is 27.2 Å². The molecule has 1 aliphatic heterocycles. The van der Waals surface area contributed by atoms with Gasteiger partial charge in [-0.1, -0.05) is 63.2 Å². The molecule has 0 saturated heterocycles. The van der Waals surface area contributed by atoms with Gasteiger partial charge in [-0.25, -0.2) is 0 Å². The van der Waals surface area contributed by atoms with Gasteiger partial charge < -0.3 is 4.90 Å². The van der Waals surface area contributed by atoms with Crippen LogP contribution in [0.5, 0.6) is 0 Å². The summed E-state index contributed by atoms with van der Waals surface area (Å²) in [6.07, 6.45) is 0. The third-order valence-corrected chi connectivity index (χ3v) is 7.95. The van der Waals surface area contributed by atoms with Crippen LogP contribution in [-0.4, -0.2) is 20.5 Å². The predicted octanol–water partition coefficient (Wildman–Crippen LogP) is 4.42. The van der Waals surface area contributed by atoms with E-state index in [-0.39, 0.29) is 11.5 Å². The summed E-state index contributed by atoms with van der Waals surface area (Å²) in [5.41, 5.74) is 3.79. The number of benzene rings is 2. The lowest BCUT2D eigenvalue weighted by atomic mass is 10.1. The molecule has 3 aromatic heterocycles. The fraction of sp³-hybridized carbons (Fsp3) is 0.0833. The van der Waals surface area contributed by atoms with E-state index < -0.39 is 0 Å². The van der Waals surface area contributed by atoms with Crippen LogP contribution in [0.4, 0.5) is 5.69 Å². The number of thiazole rings is 1. The van der Waals surface area contributed by atoms with E-state index in [0.29, 0.717) is 27.4 Å². The highest BCUT2D eigenvalue weighted by molar-refractivity contribution is 9.10. The quantitative estimate of drug-likeness (QED) is 0.343. The number of hydrogen-bond acceptors (Lipinski definition) is 6. The van der Waals surface area contributed by atoms with Crippen molar-refractivity contribution in [3.05, 3.63) is 96.0 Å². The van der Waals surface area contributed by atoms with E-state index in [9.17, 15) is 9.59 Å². The summed E-state index contributed by atoms with van der Waals surface area (Å²) in [4.78, 5) is 34.6. The Kier molecular flexibility index (Phi) is 4.79. The average Bonchev–Trinajstić information content (AvgIpc) is 3.56. The van der Waals surface area contributed by atoms with Crippen LogP contribution in [-0.2, 0) is 11.3 Å². The molecular formula is C24H15BrN4O2S2. The van der Waals surface area contributed by atoms with Gasteiger partial charge in [0.1, 0.15) is 4.53 Å². The number of carbonyl (C=O) groups is 1. The Balaban J connectivity index is 1.52. The number of thiophene rings is 1. The van der Waals surface area contributed by atoms with Gasteiger partial charge in [0, 0.05) is 10.0 Å². The molecule has 5 aromatic rings. The van der Waals surface area contributed by atoms with Crippen LogP contribution in [0.2, 0.25) is 0 Å². The predicted molar refractivity (Wildman–Crippen MR) is 135 cm³/mol. The molecule has 6 rings (SSSR count). The minimum Gasteiger partial charge on any atom is -0.303 e. The first-order chi connectivity index (χ1) is 16.0. The van der Waals surface area contributed by atoms with Crippen molar-refractivity contribution in [2.45, 2.75) is 13.5 Å². The van der Waals surface area contributed by atoms with Gasteiger partial charge in [-0.15, -0.1) is 16.4 Å². The molecule has 9 heteroatoms. The number of hydrogen-bond donors (Lipinski definition) is 0. The van der Waals surface area contributed by atoms with Crippen LogP contribution >= 0.6 is 38.6 Å². The highest BCUT2D eigenvalue weighted by Crippen LogP contribution is 2.38. The first-order valence-electron chi connectivity index (χ1n) is 10.1. The molecular weight excluding hydrogens is 520 g/mol. The highest BCUT2D eigenvalue weighted by atomic mass is 79.9. The Labute approximate surface area is 204 Å². The minimum atomic E-state index is -0.322. The van der Waals surface area contributed by atoms with Gasteiger partial charge in [-0.2, -0.15) is 9.50 Å². The molecule has 1 aliphatic rings. The summed E-state index contributed by atoms with van der Waals surface area (Å²) >= 11 is 6.23. The summed E-state index contributed by atoms with van der Waals surface area (Å²) < 4.78 is 2.50. The van der Waals surface area contributed by atoms with Gasteiger partial charge in [-0.05, 0) is 42.1 Å². The number of fused-ring (bicyclic) bond motifs is 2. The molecule has 0 spiro atoms. The smallest absolute Gasteiger partial charge is 0.291 e. The van der Waals surface area contributed by atoms with Crippen molar-refractivity contribution >= 4 is 60.7 Å². The van der Waals surface area contributed by atoms with Crippen LogP contribution in [0.1, 0.15) is 16.7 Å². The zero-order valence-electron chi connectivity index (χ0n) is 17.3. The van der Waals surface area contributed by atoms with E-state index in [4.69, 9.17) is 0 Å². The highest BCUT2D eigenvalue weighted by Gasteiger charge is 2.34.